The van der Waals surface area contributed by atoms with Crippen molar-refractivity contribution >= 4 is 29.2 Å². The third-order valence-electron chi connectivity index (χ3n) is 1.57. The van der Waals surface area contributed by atoms with Gasteiger partial charge in [0.05, 0.1) is 8.07 Å². The summed E-state index contributed by atoms with van der Waals surface area (Å²) in [6.45, 7) is 6.95. The van der Waals surface area contributed by atoms with Gasteiger partial charge in [0.25, 0.3) is 0 Å². The van der Waals surface area contributed by atoms with Crippen molar-refractivity contribution in [3.8, 4) is 0 Å². The van der Waals surface area contributed by atoms with Gasteiger partial charge in [-0.2, -0.15) is 0 Å². The lowest BCUT2D eigenvalue weighted by molar-refractivity contribution is 1.32. The van der Waals surface area contributed by atoms with Gasteiger partial charge in [0, 0.05) is 16.9 Å². The smallest absolute Gasteiger partial charge is 0.0796 e. The van der Waals surface area contributed by atoms with Crippen molar-refractivity contribution in [2.45, 2.75) is 19.6 Å². The van der Waals surface area contributed by atoms with Crippen LogP contribution in [0.25, 0.3) is 0 Å². The Bertz CT molecular complexity index is 255. The fraction of sp³-hybridized carbons (Fsp3) is 0.375. The summed E-state index contributed by atoms with van der Waals surface area (Å²) in [6.07, 6.45) is 3.79. The molecule has 11 heavy (non-hydrogen) atoms. The van der Waals surface area contributed by atoms with Gasteiger partial charge in [0.1, 0.15) is 0 Å². The highest BCUT2D eigenvalue weighted by atomic mass is 79.9. The lowest BCUT2D eigenvalue weighted by Gasteiger charge is -2.15. The van der Waals surface area contributed by atoms with E-state index in [1.54, 1.807) is 0 Å². The molecule has 0 bridgehead atoms. The zero-order chi connectivity index (χ0) is 8.48. The number of aromatic nitrogens is 1. The summed E-state index contributed by atoms with van der Waals surface area (Å²) in [5.41, 5.74) is 0. The van der Waals surface area contributed by atoms with Gasteiger partial charge in [-0.05, 0) is 27.2 Å². The van der Waals surface area contributed by atoms with Crippen LogP contribution < -0.4 is 5.19 Å². The van der Waals surface area contributed by atoms with Crippen LogP contribution in [-0.4, -0.2) is 13.1 Å². The van der Waals surface area contributed by atoms with Crippen LogP contribution in [0.5, 0.6) is 0 Å². The molecule has 0 atom stereocenters. The molecule has 1 aromatic rings. The normalized spacial score (nSPS) is 11.6. The van der Waals surface area contributed by atoms with E-state index < -0.39 is 8.07 Å². The Morgan fingerprint density at radius 3 is 2.27 bits per heavy atom. The maximum atomic E-state index is 4.14. The molecule has 0 aliphatic carbocycles. The maximum Gasteiger partial charge on any atom is 0.0796 e. The fourth-order valence-corrected chi connectivity index (χ4v) is 2.45. The van der Waals surface area contributed by atoms with Crippen LogP contribution in [0.4, 0.5) is 0 Å². The zero-order valence-electron chi connectivity index (χ0n) is 7.06. The first-order valence-corrected chi connectivity index (χ1v) is 7.90. The molecule has 1 aromatic heterocycles. The summed E-state index contributed by atoms with van der Waals surface area (Å²) in [7, 11) is -1.16. The van der Waals surface area contributed by atoms with Gasteiger partial charge in [-0.3, -0.25) is 4.98 Å². The Balaban J connectivity index is 3.06. The molecular formula is C8H12BrNSi. The second-order valence-corrected chi connectivity index (χ2v) is 9.63. The standard InChI is InChI=1S/C8H12BrNSi/c1-11(2,3)8-4-7(9)5-10-6-8/h4-6H,1-3H3. The number of nitrogens with zero attached hydrogens (tertiary/aromatic N) is 1. The van der Waals surface area contributed by atoms with Gasteiger partial charge in [-0.25, -0.2) is 0 Å². The van der Waals surface area contributed by atoms with Crippen molar-refractivity contribution in [1.82, 2.24) is 4.98 Å². The van der Waals surface area contributed by atoms with Gasteiger partial charge < -0.3 is 0 Å². The summed E-state index contributed by atoms with van der Waals surface area (Å²) in [5.74, 6) is 0. The molecule has 0 N–H and O–H groups in total. The third-order valence-corrected chi connectivity index (χ3v) is 4.01. The van der Waals surface area contributed by atoms with Crippen molar-refractivity contribution in [2.75, 3.05) is 0 Å². The van der Waals surface area contributed by atoms with E-state index in [0.29, 0.717) is 0 Å². The van der Waals surface area contributed by atoms with Crippen molar-refractivity contribution in [2.24, 2.45) is 0 Å². The summed E-state index contributed by atoms with van der Waals surface area (Å²) in [6, 6.07) is 2.17. The Labute approximate surface area is 77.0 Å². The molecule has 0 aliphatic heterocycles. The second-order valence-electron chi connectivity index (χ2n) is 3.64. The van der Waals surface area contributed by atoms with E-state index in [1.165, 1.54) is 5.19 Å². The molecule has 0 aliphatic rings. The van der Waals surface area contributed by atoms with Gasteiger partial charge in [-0.1, -0.05) is 19.6 Å². The lowest BCUT2D eigenvalue weighted by atomic mass is 10.5. The molecule has 0 fully saturated rings. The average molecular weight is 230 g/mol. The fourth-order valence-electron chi connectivity index (χ4n) is 0.822. The molecule has 1 rings (SSSR count). The van der Waals surface area contributed by atoms with E-state index in [-0.39, 0.29) is 0 Å². The minimum absolute atomic E-state index is 1.08. The van der Waals surface area contributed by atoms with Gasteiger partial charge in [0.2, 0.25) is 0 Å². The summed E-state index contributed by atoms with van der Waals surface area (Å²) in [5, 5.41) is 1.40. The van der Waals surface area contributed by atoms with Crippen LogP contribution in [0.15, 0.2) is 22.9 Å². The van der Waals surface area contributed by atoms with Crippen LogP contribution in [0.3, 0.4) is 0 Å². The molecular weight excluding hydrogens is 218 g/mol. The van der Waals surface area contributed by atoms with Crippen molar-refractivity contribution in [1.29, 1.82) is 0 Å². The van der Waals surface area contributed by atoms with E-state index >= 15 is 0 Å². The highest BCUT2D eigenvalue weighted by Gasteiger charge is 2.16. The molecule has 0 spiro atoms. The third kappa shape index (κ3) is 2.41. The molecule has 60 valence electrons. The molecule has 1 heterocycles. The van der Waals surface area contributed by atoms with E-state index in [1.807, 2.05) is 12.4 Å². The second kappa shape index (κ2) is 3.07. The predicted molar refractivity (Wildman–Crippen MR) is 54.9 cm³/mol. The van der Waals surface area contributed by atoms with Crippen molar-refractivity contribution < 1.29 is 0 Å². The maximum absolute atomic E-state index is 4.14. The number of rotatable bonds is 1. The molecule has 0 radical (unpaired) electrons. The van der Waals surface area contributed by atoms with Crippen LogP contribution in [-0.2, 0) is 0 Å². The largest absolute Gasteiger partial charge is 0.264 e. The van der Waals surface area contributed by atoms with Gasteiger partial charge >= 0.3 is 0 Å². The highest BCUT2D eigenvalue weighted by molar-refractivity contribution is 9.10. The van der Waals surface area contributed by atoms with Crippen LogP contribution >= 0.6 is 15.9 Å². The number of hydrogen-bond acceptors (Lipinski definition) is 1. The van der Waals surface area contributed by atoms with E-state index in [2.05, 4.69) is 46.6 Å². The van der Waals surface area contributed by atoms with Crippen molar-refractivity contribution in [3.05, 3.63) is 22.9 Å². The van der Waals surface area contributed by atoms with Gasteiger partial charge in [-0.15, -0.1) is 0 Å². The molecule has 0 amide bonds. The van der Waals surface area contributed by atoms with E-state index in [0.717, 1.165) is 4.47 Å². The monoisotopic (exact) mass is 229 g/mol. The Kier molecular flexibility index (Phi) is 2.49. The number of halogens is 1. The van der Waals surface area contributed by atoms with Crippen LogP contribution in [0.2, 0.25) is 19.6 Å². The molecule has 0 saturated carbocycles. The SMILES string of the molecule is C[Si](C)(C)c1cncc(Br)c1. The summed E-state index contributed by atoms with van der Waals surface area (Å²) in [4.78, 5) is 4.14. The van der Waals surface area contributed by atoms with Crippen molar-refractivity contribution in [3.63, 3.8) is 0 Å². The molecule has 0 unspecified atom stereocenters. The first-order valence-electron chi connectivity index (χ1n) is 3.61. The molecule has 0 saturated heterocycles. The molecule has 1 nitrogen and oxygen atoms in total. The topological polar surface area (TPSA) is 12.9 Å². The Morgan fingerprint density at radius 2 is 1.91 bits per heavy atom. The zero-order valence-corrected chi connectivity index (χ0v) is 9.64. The van der Waals surface area contributed by atoms with E-state index in [9.17, 15) is 0 Å². The first-order chi connectivity index (χ1) is 5.00. The summed E-state index contributed by atoms with van der Waals surface area (Å²) < 4.78 is 1.08. The van der Waals surface area contributed by atoms with Gasteiger partial charge in [0.15, 0.2) is 0 Å². The Morgan fingerprint density at radius 1 is 1.27 bits per heavy atom. The number of pyridine rings is 1. The molecule has 0 aromatic carbocycles. The summed E-state index contributed by atoms with van der Waals surface area (Å²) >= 11 is 3.41. The van der Waals surface area contributed by atoms with Crippen LogP contribution in [0, 0.1) is 0 Å². The quantitative estimate of drug-likeness (QED) is 0.675. The predicted octanol–water partition coefficient (Wildman–Crippen LogP) is 2.39. The first kappa shape index (κ1) is 8.94. The highest BCUT2D eigenvalue weighted by Crippen LogP contribution is 2.07. The molecule has 3 heteroatoms. The number of hydrogen-bond donors (Lipinski definition) is 0. The minimum atomic E-state index is -1.16. The Hall–Kier alpha value is -0.153. The van der Waals surface area contributed by atoms with E-state index in [4.69, 9.17) is 0 Å². The minimum Gasteiger partial charge on any atom is -0.264 e. The lowest BCUT2D eigenvalue weighted by Crippen LogP contribution is -2.37. The average Bonchev–Trinajstić information content (AvgIpc) is 1.86. The van der Waals surface area contributed by atoms with Crippen LogP contribution in [0.1, 0.15) is 0 Å².